The summed E-state index contributed by atoms with van der Waals surface area (Å²) in [7, 11) is 1.38. The van der Waals surface area contributed by atoms with Gasteiger partial charge in [-0.05, 0) is 37.6 Å². The van der Waals surface area contributed by atoms with Gasteiger partial charge in [0.25, 0.3) is 5.91 Å². The van der Waals surface area contributed by atoms with Crippen molar-refractivity contribution in [2.45, 2.75) is 60.5 Å². The van der Waals surface area contributed by atoms with E-state index < -0.39 is 11.9 Å². The number of hydrogen-bond acceptors (Lipinski definition) is 8. The van der Waals surface area contributed by atoms with Crippen LogP contribution >= 0.6 is 0 Å². The monoisotopic (exact) mass is 494 g/mol. The van der Waals surface area contributed by atoms with Crippen molar-refractivity contribution in [3.63, 3.8) is 0 Å². The number of aryl methyl sites for hydroxylation is 1. The first-order valence-corrected chi connectivity index (χ1v) is 11.1. The molecule has 1 unspecified atom stereocenters. The molecule has 0 bridgehead atoms. The highest BCUT2D eigenvalue weighted by Crippen LogP contribution is 2.29. The summed E-state index contributed by atoms with van der Waals surface area (Å²) in [4.78, 5) is 36.4. The number of nitrogens with zero attached hydrogens (tertiary/aromatic N) is 1. The normalized spacial score (nSPS) is 10.4. The average molecular weight is 495 g/mol. The molecule has 194 valence electrons. The van der Waals surface area contributed by atoms with Crippen LogP contribution in [0.25, 0.3) is 0 Å². The molecular formula is C25H35FN2O7. The van der Waals surface area contributed by atoms with Crippen LogP contribution in [0.2, 0.25) is 0 Å². The van der Waals surface area contributed by atoms with Crippen molar-refractivity contribution in [3.8, 4) is 17.2 Å². The van der Waals surface area contributed by atoms with Crippen LogP contribution in [0.1, 0.15) is 63.5 Å². The Bertz CT molecular complexity index is 967. The highest BCUT2D eigenvalue weighted by Gasteiger charge is 2.18. The van der Waals surface area contributed by atoms with Gasteiger partial charge in [0.1, 0.15) is 24.3 Å². The van der Waals surface area contributed by atoms with Crippen molar-refractivity contribution in [1.82, 2.24) is 4.98 Å². The van der Waals surface area contributed by atoms with Gasteiger partial charge in [-0.2, -0.15) is 0 Å². The van der Waals surface area contributed by atoms with E-state index in [4.69, 9.17) is 24.7 Å². The maximum Gasteiger partial charge on any atom is 0.308 e. The largest absolute Gasteiger partial charge is 0.493 e. The molecule has 0 fully saturated rings. The third-order valence-electron chi connectivity index (χ3n) is 3.80. The van der Waals surface area contributed by atoms with Crippen LogP contribution in [0.4, 0.5) is 4.39 Å². The molecule has 0 radical (unpaired) electrons. The van der Waals surface area contributed by atoms with Gasteiger partial charge in [-0.15, -0.1) is 0 Å². The van der Waals surface area contributed by atoms with Crippen LogP contribution in [0, 0.1) is 12.7 Å². The molecule has 1 heterocycles. The van der Waals surface area contributed by atoms with Gasteiger partial charge in [0, 0.05) is 25.6 Å². The number of carbonyl (C=O) groups is 3. The van der Waals surface area contributed by atoms with E-state index in [1.54, 1.807) is 26.8 Å². The Morgan fingerprint density at radius 2 is 1.74 bits per heavy atom. The highest BCUT2D eigenvalue weighted by atomic mass is 19.1. The minimum atomic E-state index is -0.787. The number of hydrogen-bond donors (Lipinski definition) is 1. The second kappa shape index (κ2) is 16.9. The van der Waals surface area contributed by atoms with E-state index in [0.29, 0.717) is 12.2 Å². The van der Waals surface area contributed by atoms with Gasteiger partial charge >= 0.3 is 11.9 Å². The van der Waals surface area contributed by atoms with Crippen LogP contribution in [0.3, 0.4) is 0 Å². The number of carbonyl (C=O) groups excluding carboxylic acids is 3. The van der Waals surface area contributed by atoms with Gasteiger partial charge in [0.15, 0.2) is 11.4 Å². The number of methoxy groups -OCH3 is 1. The van der Waals surface area contributed by atoms with E-state index >= 15 is 0 Å². The van der Waals surface area contributed by atoms with Gasteiger partial charge in [-0.3, -0.25) is 14.4 Å². The SMILES string of the molecule is CCC.CCC(=O)OCC(C)Oc1ccc(F)cc1C.COc1ccnc(C(N)=O)c1OC(C)=O. The predicted octanol–water partition coefficient (Wildman–Crippen LogP) is 4.39. The summed E-state index contributed by atoms with van der Waals surface area (Å²) in [6.07, 6.45) is 2.68. The summed E-state index contributed by atoms with van der Waals surface area (Å²) >= 11 is 0. The molecule has 2 aromatic rings. The van der Waals surface area contributed by atoms with Gasteiger partial charge in [-0.25, -0.2) is 9.37 Å². The fourth-order valence-corrected chi connectivity index (χ4v) is 2.32. The summed E-state index contributed by atoms with van der Waals surface area (Å²) in [5, 5.41) is 0. The number of nitrogens with two attached hydrogens (primary N) is 1. The van der Waals surface area contributed by atoms with E-state index in [1.165, 1.54) is 44.9 Å². The minimum Gasteiger partial charge on any atom is -0.493 e. The molecular weight excluding hydrogens is 459 g/mol. The molecule has 0 saturated heterocycles. The molecule has 10 heteroatoms. The zero-order chi connectivity index (χ0) is 27.0. The van der Waals surface area contributed by atoms with Gasteiger partial charge in [-0.1, -0.05) is 27.2 Å². The maximum absolute atomic E-state index is 12.9. The van der Waals surface area contributed by atoms with Crippen LogP contribution in [-0.4, -0.2) is 42.7 Å². The fraction of sp³-hybridized carbons (Fsp3) is 0.440. The molecule has 2 rings (SSSR count). The number of pyridine rings is 1. The number of esters is 2. The number of rotatable bonds is 8. The van der Waals surface area contributed by atoms with Gasteiger partial charge in [0.05, 0.1) is 7.11 Å². The molecule has 1 atom stereocenters. The van der Waals surface area contributed by atoms with Crippen molar-refractivity contribution in [2.24, 2.45) is 5.73 Å². The molecule has 0 saturated carbocycles. The second-order valence-corrected chi connectivity index (χ2v) is 7.23. The third-order valence-corrected chi connectivity index (χ3v) is 3.80. The number of aromatic nitrogens is 1. The number of halogens is 1. The van der Waals surface area contributed by atoms with Crippen LogP contribution in [0.5, 0.6) is 17.2 Å². The first-order chi connectivity index (χ1) is 16.5. The Morgan fingerprint density at radius 3 is 2.23 bits per heavy atom. The fourth-order valence-electron chi connectivity index (χ4n) is 2.32. The zero-order valence-electron chi connectivity index (χ0n) is 21.3. The van der Waals surface area contributed by atoms with Crippen LogP contribution in [-0.2, 0) is 14.3 Å². The van der Waals surface area contributed by atoms with Gasteiger partial charge < -0.3 is 24.7 Å². The van der Waals surface area contributed by atoms with Crippen molar-refractivity contribution >= 4 is 17.8 Å². The lowest BCUT2D eigenvalue weighted by Crippen LogP contribution is -2.21. The Hall–Kier alpha value is -3.69. The topological polar surface area (TPSA) is 127 Å². The minimum absolute atomic E-state index is 0.0556. The number of benzene rings is 1. The molecule has 1 amide bonds. The number of amides is 1. The molecule has 1 aromatic heterocycles. The van der Waals surface area contributed by atoms with Crippen molar-refractivity contribution in [1.29, 1.82) is 0 Å². The summed E-state index contributed by atoms with van der Waals surface area (Å²) in [5.74, 6) is -1.13. The molecule has 35 heavy (non-hydrogen) atoms. The van der Waals surface area contributed by atoms with Crippen molar-refractivity contribution in [2.75, 3.05) is 13.7 Å². The molecule has 9 nitrogen and oxygen atoms in total. The summed E-state index contributed by atoms with van der Waals surface area (Å²) in [5.41, 5.74) is 5.65. The predicted molar refractivity (Wildman–Crippen MR) is 129 cm³/mol. The van der Waals surface area contributed by atoms with Crippen molar-refractivity contribution < 1.29 is 37.7 Å². The summed E-state index contributed by atoms with van der Waals surface area (Å²) < 4.78 is 33.1. The van der Waals surface area contributed by atoms with E-state index in [2.05, 4.69) is 18.8 Å². The van der Waals surface area contributed by atoms with Crippen LogP contribution < -0.4 is 19.9 Å². The lowest BCUT2D eigenvalue weighted by molar-refractivity contribution is -0.145. The first kappa shape index (κ1) is 31.3. The molecule has 0 spiro atoms. The second-order valence-electron chi connectivity index (χ2n) is 7.23. The standard InChI is InChI=1S/C13H17FO3.C9H10N2O4.C3H8/c1-4-13(15)16-8-10(3)17-12-6-5-11(14)7-9(12)2;1-5(12)15-8-6(14-2)3-4-11-7(8)9(10)13;1-3-2/h5-7,10H,4,8H2,1-3H3;3-4H,1-2H3,(H2,10,13);3H2,1-2H3. The zero-order valence-corrected chi connectivity index (χ0v) is 21.3. The molecule has 2 N–H and O–H groups in total. The lowest BCUT2D eigenvalue weighted by atomic mass is 10.2. The maximum atomic E-state index is 12.9. The number of ether oxygens (including phenoxy) is 4. The molecule has 0 aliphatic carbocycles. The Morgan fingerprint density at radius 1 is 1.11 bits per heavy atom. The Kier molecular flexibility index (Phi) is 15.1. The van der Waals surface area contributed by atoms with E-state index in [1.807, 2.05) is 0 Å². The molecule has 0 aliphatic rings. The van der Waals surface area contributed by atoms with E-state index in [9.17, 15) is 18.8 Å². The average Bonchev–Trinajstić information content (AvgIpc) is 2.80. The third kappa shape index (κ3) is 12.4. The highest BCUT2D eigenvalue weighted by molar-refractivity contribution is 5.95. The first-order valence-electron chi connectivity index (χ1n) is 11.1. The lowest BCUT2D eigenvalue weighted by Gasteiger charge is -2.16. The molecule has 0 aliphatic heterocycles. The Balaban J connectivity index is 0.000000597. The van der Waals surface area contributed by atoms with Gasteiger partial charge in [0.2, 0.25) is 5.75 Å². The Labute approximate surface area is 205 Å². The molecule has 1 aromatic carbocycles. The van der Waals surface area contributed by atoms with Crippen molar-refractivity contribution in [3.05, 3.63) is 47.5 Å². The quantitative estimate of drug-likeness (QED) is 0.536. The van der Waals surface area contributed by atoms with E-state index in [-0.39, 0.29) is 41.7 Å². The van der Waals surface area contributed by atoms with E-state index in [0.717, 1.165) is 5.56 Å². The summed E-state index contributed by atoms with van der Waals surface area (Å²) in [6, 6.07) is 5.78. The summed E-state index contributed by atoms with van der Waals surface area (Å²) in [6.45, 7) is 11.0. The number of primary amides is 1. The van der Waals surface area contributed by atoms with Crippen LogP contribution in [0.15, 0.2) is 30.5 Å². The smallest absolute Gasteiger partial charge is 0.308 e.